The number of carbonyl (C=O) groups is 1. The molecule has 56 valence electrons. The molecule has 1 aliphatic carbocycles. The number of epoxide rings is 1. The average Bonchev–Trinajstić information content (AvgIpc) is 2.77. The van der Waals surface area contributed by atoms with Crippen LogP contribution in [0.5, 0.6) is 0 Å². The van der Waals surface area contributed by atoms with E-state index in [9.17, 15) is 4.79 Å². The molecule has 2 nitrogen and oxygen atoms in total. The van der Waals surface area contributed by atoms with E-state index in [1.807, 2.05) is 13.8 Å². The van der Waals surface area contributed by atoms with Crippen molar-refractivity contribution >= 4 is 5.78 Å². The normalized spacial score (nSPS) is 39.8. The Morgan fingerprint density at radius 1 is 1.60 bits per heavy atom. The Hall–Kier alpha value is -0.370. The van der Waals surface area contributed by atoms with E-state index in [1.54, 1.807) is 0 Å². The molecule has 0 aromatic rings. The van der Waals surface area contributed by atoms with Gasteiger partial charge in [0.15, 0.2) is 11.4 Å². The number of Topliss-reactive ketones (excluding diaryl/α,β-unsaturated/α-hetero) is 1. The Labute approximate surface area is 60.6 Å². The summed E-state index contributed by atoms with van der Waals surface area (Å²) in [7, 11) is 0. The fourth-order valence-corrected chi connectivity index (χ4v) is 1.71. The maximum absolute atomic E-state index is 11.2. The second-order valence-corrected chi connectivity index (χ2v) is 3.41. The number of rotatable bonds is 2. The molecule has 0 N–H and O–H groups in total. The van der Waals surface area contributed by atoms with E-state index in [0.29, 0.717) is 6.42 Å². The summed E-state index contributed by atoms with van der Waals surface area (Å²) in [6.45, 7) is 3.82. The Kier molecular flexibility index (Phi) is 0.919. The molecular formula is C8H12O2. The Balaban J connectivity index is 2.12. The zero-order chi connectivity index (χ0) is 7.41. The third-order valence-corrected chi connectivity index (χ3v) is 2.78. The first-order valence-electron chi connectivity index (χ1n) is 3.88. The lowest BCUT2D eigenvalue weighted by atomic mass is 9.99. The van der Waals surface area contributed by atoms with Gasteiger partial charge in [0, 0.05) is 6.42 Å². The highest BCUT2D eigenvalue weighted by Gasteiger charge is 2.77. The minimum absolute atomic E-state index is 0.0279. The van der Waals surface area contributed by atoms with Gasteiger partial charge in [0.1, 0.15) is 5.60 Å². The largest absolute Gasteiger partial charge is 0.355 e. The van der Waals surface area contributed by atoms with Gasteiger partial charge in [-0.2, -0.15) is 0 Å². The monoisotopic (exact) mass is 140 g/mol. The van der Waals surface area contributed by atoms with E-state index in [0.717, 1.165) is 12.8 Å². The smallest absolute Gasteiger partial charge is 0.167 e. The van der Waals surface area contributed by atoms with Crippen LogP contribution in [0.4, 0.5) is 0 Å². The molecule has 0 aromatic heterocycles. The zero-order valence-electron chi connectivity index (χ0n) is 6.44. The summed E-state index contributed by atoms with van der Waals surface area (Å²) >= 11 is 0. The van der Waals surface area contributed by atoms with E-state index in [-0.39, 0.29) is 17.0 Å². The molecule has 0 radical (unpaired) electrons. The van der Waals surface area contributed by atoms with Gasteiger partial charge < -0.3 is 4.74 Å². The lowest BCUT2D eigenvalue weighted by Crippen LogP contribution is -2.23. The van der Waals surface area contributed by atoms with Gasteiger partial charge in [0.25, 0.3) is 0 Å². The fraction of sp³-hybridized carbons (Fsp3) is 0.875. The van der Waals surface area contributed by atoms with Crippen LogP contribution in [-0.4, -0.2) is 17.0 Å². The second kappa shape index (κ2) is 1.45. The molecule has 1 spiro atoms. The van der Waals surface area contributed by atoms with Crippen molar-refractivity contribution in [1.29, 1.82) is 0 Å². The molecule has 10 heavy (non-hydrogen) atoms. The van der Waals surface area contributed by atoms with Crippen molar-refractivity contribution in [3.05, 3.63) is 0 Å². The first-order chi connectivity index (χ1) is 4.65. The molecule has 1 saturated heterocycles. The van der Waals surface area contributed by atoms with Gasteiger partial charge in [-0.1, -0.05) is 6.92 Å². The predicted octanol–water partition coefficient (Wildman–Crippen LogP) is 1.29. The van der Waals surface area contributed by atoms with Gasteiger partial charge in [-0.05, 0) is 19.8 Å². The highest BCUT2D eigenvalue weighted by molar-refractivity contribution is 5.91. The summed E-state index contributed by atoms with van der Waals surface area (Å²) in [5.41, 5.74) is -0.345. The highest BCUT2D eigenvalue weighted by Crippen LogP contribution is 2.65. The summed E-state index contributed by atoms with van der Waals surface area (Å²) < 4.78 is 5.41. The summed E-state index contributed by atoms with van der Waals surface area (Å²) in [6, 6.07) is 0. The number of ether oxygens (including phenoxy) is 1. The van der Waals surface area contributed by atoms with Gasteiger partial charge in [-0.3, -0.25) is 4.79 Å². The lowest BCUT2D eigenvalue weighted by molar-refractivity contribution is -0.123. The summed E-state index contributed by atoms with van der Waals surface area (Å²) in [4.78, 5) is 11.2. The molecule has 2 heteroatoms. The van der Waals surface area contributed by atoms with Crippen LogP contribution < -0.4 is 0 Å². The van der Waals surface area contributed by atoms with Crippen LogP contribution >= 0.6 is 0 Å². The third-order valence-electron chi connectivity index (χ3n) is 2.78. The van der Waals surface area contributed by atoms with Gasteiger partial charge in [-0.15, -0.1) is 0 Å². The Bertz CT molecular complexity index is 193. The predicted molar refractivity (Wildman–Crippen MR) is 36.8 cm³/mol. The van der Waals surface area contributed by atoms with E-state index in [2.05, 4.69) is 0 Å². The van der Waals surface area contributed by atoms with Crippen molar-refractivity contribution in [2.75, 3.05) is 0 Å². The maximum Gasteiger partial charge on any atom is 0.167 e. The quantitative estimate of drug-likeness (QED) is 0.541. The summed E-state index contributed by atoms with van der Waals surface area (Å²) in [6.07, 6.45) is 2.79. The topological polar surface area (TPSA) is 29.6 Å². The van der Waals surface area contributed by atoms with Crippen molar-refractivity contribution in [3.8, 4) is 0 Å². The van der Waals surface area contributed by atoms with E-state index < -0.39 is 0 Å². The molecule has 2 fully saturated rings. The molecule has 1 unspecified atom stereocenters. The average molecular weight is 140 g/mol. The first kappa shape index (κ1) is 6.35. The zero-order valence-corrected chi connectivity index (χ0v) is 6.44. The van der Waals surface area contributed by atoms with Crippen molar-refractivity contribution in [1.82, 2.24) is 0 Å². The molecule has 1 aliphatic heterocycles. The summed E-state index contributed by atoms with van der Waals surface area (Å²) in [5.74, 6) is 0.269. The van der Waals surface area contributed by atoms with Crippen molar-refractivity contribution in [2.45, 2.75) is 44.3 Å². The number of hydrogen-bond acceptors (Lipinski definition) is 2. The van der Waals surface area contributed by atoms with Gasteiger partial charge in [0.2, 0.25) is 0 Å². The van der Waals surface area contributed by atoms with E-state index in [1.165, 1.54) is 0 Å². The lowest BCUT2D eigenvalue weighted by Gasteiger charge is -1.99. The molecule has 1 atom stereocenters. The van der Waals surface area contributed by atoms with E-state index >= 15 is 0 Å². The van der Waals surface area contributed by atoms with Crippen molar-refractivity contribution in [2.24, 2.45) is 0 Å². The molecule has 2 rings (SSSR count). The van der Waals surface area contributed by atoms with Crippen LogP contribution in [-0.2, 0) is 9.53 Å². The van der Waals surface area contributed by atoms with E-state index in [4.69, 9.17) is 4.74 Å². The number of carbonyl (C=O) groups excluding carboxylic acids is 1. The molecular weight excluding hydrogens is 128 g/mol. The number of hydrogen-bond donors (Lipinski definition) is 0. The molecule has 1 saturated carbocycles. The van der Waals surface area contributed by atoms with Crippen LogP contribution in [0.15, 0.2) is 0 Å². The van der Waals surface area contributed by atoms with Crippen LogP contribution in [0.25, 0.3) is 0 Å². The van der Waals surface area contributed by atoms with Crippen LogP contribution in [0.2, 0.25) is 0 Å². The minimum Gasteiger partial charge on any atom is -0.355 e. The summed E-state index contributed by atoms with van der Waals surface area (Å²) in [5, 5.41) is 0. The molecule has 2 aliphatic rings. The minimum atomic E-state index is -0.373. The third kappa shape index (κ3) is 0.511. The standard InChI is InChI=1S/C8H12O2/c1-3-6(9)7(2)8(10-7)4-5-8/h3-5H2,1-2H3. The SMILES string of the molecule is CCC(=O)C1(C)OC12CC2. The molecule has 0 aromatic carbocycles. The van der Waals surface area contributed by atoms with Crippen molar-refractivity contribution < 1.29 is 9.53 Å². The fourth-order valence-electron chi connectivity index (χ4n) is 1.71. The highest BCUT2D eigenvalue weighted by atomic mass is 16.6. The van der Waals surface area contributed by atoms with Gasteiger partial charge >= 0.3 is 0 Å². The van der Waals surface area contributed by atoms with Crippen LogP contribution in [0.1, 0.15) is 33.1 Å². The Morgan fingerprint density at radius 3 is 2.50 bits per heavy atom. The maximum atomic E-state index is 11.2. The Morgan fingerprint density at radius 2 is 2.20 bits per heavy atom. The van der Waals surface area contributed by atoms with Crippen LogP contribution in [0.3, 0.4) is 0 Å². The second-order valence-electron chi connectivity index (χ2n) is 3.41. The molecule has 0 amide bonds. The molecule has 1 heterocycles. The van der Waals surface area contributed by atoms with Crippen LogP contribution in [0, 0.1) is 0 Å². The first-order valence-corrected chi connectivity index (χ1v) is 3.88. The van der Waals surface area contributed by atoms with Gasteiger partial charge in [-0.25, -0.2) is 0 Å². The van der Waals surface area contributed by atoms with Gasteiger partial charge in [0.05, 0.1) is 0 Å². The molecule has 0 bridgehead atoms. The number of ketones is 1. The van der Waals surface area contributed by atoms with Crippen molar-refractivity contribution in [3.63, 3.8) is 0 Å².